The molecule has 4 aromatic rings. The molecule has 0 saturated carbocycles. The van der Waals surface area contributed by atoms with Gasteiger partial charge in [-0.25, -0.2) is 14.3 Å². The van der Waals surface area contributed by atoms with Crippen molar-refractivity contribution in [1.82, 2.24) is 29.3 Å². The number of aromatic amines is 1. The molecule has 0 unspecified atom stereocenters. The van der Waals surface area contributed by atoms with Crippen LogP contribution in [0.15, 0.2) is 58.5 Å². The van der Waals surface area contributed by atoms with Gasteiger partial charge in [-0.2, -0.15) is 10.2 Å². The van der Waals surface area contributed by atoms with Crippen molar-refractivity contribution in [3.8, 4) is 5.69 Å². The summed E-state index contributed by atoms with van der Waals surface area (Å²) < 4.78 is 2.58. The summed E-state index contributed by atoms with van der Waals surface area (Å²) in [6.45, 7) is 1.94. The number of para-hydroxylation sites is 1. The molecule has 124 valence electrons. The van der Waals surface area contributed by atoms with Gasteiger partial charge in [-0.15, -0.1) is 0 Å². The van der Waals surface area contributed by atoms with Crippen LogP contribution in [0.4, 0.5) is 0 Å². The van der Waals surface area contributed by atoms with Gasteiger partial charge in [0.15, 0.2) is 5.65 Å². The lowest BCUT2D eigenvalue weighted by atomic mass is 10.2. The fourth-order valence-corrected chi connectivity index (χ4v) is 2.80. The Kier molecular flexibility index (Phi) is 3.50. The first-order valence-electron chi connectivity index (χ1n) is 7.68. The third kappa shape index (κ3) is 2.44. The molecule has 1 aromatic carbocycles. The van der Waals surface area contributed by atoms with Crippen LogP contribution in [0.5, 0.6) is 0 Å². The number of H-pyrrole nitrogens is 1. The summed E-state index contributed by atoms with van der Waals surface area (Å²) in [6.07, 6.45) is 2.95. The summed E-state index contributed by atoms with van der Waals surface area (Å²) >= 11 is 0. The number of imidazole rings is 1. The van der Waals surface area contributed by atoms with Crippen LogP contribution in [0, 0.1) is 6.92 Å². The molecular weight excluding hydrogens is 320 g/mol. The number of hydrogen-bond acceptors (Lipinski definition) is 5. The van der Waals surface area contributed by atoms with Gasteiger partial charge >= 0.3 is 5.69 Å². The summed E-state index contributed by atoms with van der Waals surface area (Å²) in [6, 6.07) is 10.9. The van der Waals surface area contributed by atoms with Crippen molar-refractivity contribution in [2.45, 2.75) is 13.5 Å². The van der Waals surface area contributed by atoms with E-state index in [1.54, 1.807) is 12.1 Å². The largest absolute Gasteiger partial charge is 0.339 e. The maximum atomic E-state index is 13.1. The summed E-state index contributed by atoms with van der Waals surface area (Å²) in [5.41, 5.74) is 1.77. The number of hydrogen-bond donors (Lipinski definition) is 1. The van der Waals surface area contributed by atoms with Gasteiger partial charge in [0.25, 0.3) is 5.56 Å². The van der Waals surface area contributed by atoms with Crippen molar-refractivity contribution in [2.24, 2.45) is 0 Å². The maximum Gasteiger partial charge on any atom is 0.337 e. The number of benzene rings is 1. The molecule has 0 amide bonds. The van der Waals surface area contributed by atoms with Crippen molar-refractivity contribution in [1.29, 1.82) is 0 Å². The average Bonchev–Trinajstić information content (AvgIpc) is 3.11. The van der Waals surface area contributed by atoms with Crippen LogP contribution in [-0.2, 0) is 6.54 Å². The van der Waals surface area contributed by atoms with E-state index < -0.39 is 11.2 Å². The second-order valence-corrected chi connectivity index (χ2v) is 5.61. The van der Waals surface area contributed by atoms with Crippen LogP contribution < -0.4 is 11.2 Å². The van der Waals surface area contributed by atoms with E-state index in [2.05, 4.69) is 20.2 Å². The predicted molar refractivity (Wildman–Crippen MR) is 91.8 cm³/mol. The molecular formula is C17H14N6O2. The van der Waals surface area contributed by atoms with Crippen molar-refractivity contribution in [3.63, 3.8) is 0 Å². The van der Waals surface area contributed by atoms with Gasteiger partial charge in [-0.1, -0.05) is 18.2 Å². The van der Waals surface area contributed by atoms with Crippen molar-refractivity contribution >= 4 is 11.2 Å². The Labute approximate surface area is 141 Å². The molecule has 0 radical (unpaired) electrons. The third-order valence-corrected chi connectivity index (χ3v) is 4.02. The molecule has 0 spiro atoms. The van der Waals surface area contributed by atoms with Crippen LogP contribution in [0.25, 0.3) is 16.9 Å². The lowest BCUT2D eigenvalue weighted by Crippen LogP contribution is -2.40. The Morgan fingerprint density at radius 3 is 2.72 bits per heavy atom. The standard InChI is InChI=1S/C17H14N6O2/c1-11-5-2-3-7-13(11)23-15-14(18-10-19-15)16(24)22(17(23)25)9-12-6-4-8-20-21-12/h2-8,10H,9H2,1H3,(H,18,19). The topological polar surface area (TPSA) is 98.5 Å². The van der Waals surface area contributed by atoms with Crippen LogP contribution in [0.3, 0.4) is 0 Å². The first-order valence-corrected chi connectivity index (χ1v) is 7.68. The van der Waals surface area contributed by atoms with Crippen LogP contribution >= 0.6 is 0 Å². The molecule has 0 atom stereocenters. The molecule has 0 aliphatic rings. The van der Waals surface area contributed by atoms with Gasteiger partial charge < -0.3 is 4.98 Å². The molecule has 0 bridgehead atoms. The Balaban J connectivity index is 2.04. The number of aryl methyl sites for hydroxylation is 1. The quantitative estimate of drug-likeness (QED) is 0.603. The van der Waals surface area contributed by atoms with E-state index in [1.165, 1.54) is 17.1 Å². The lowest BCUT2D eigenvalue weighted by molar-refractivity contribution is 0.661. The monoisotopic (exact) mass is 334 g/mol. The number of aromatic nitrogens is 6. The maximum absolute atomic E-state index is 13.1. The van der Waals surface area contributed by atoms with E-state index in [1.807, 2.05) is 31.2 Å². The highest BCUT2D eigenvalue weighted by atomic mass is 16.2. The summed E-state index contributed by atoms with van der Waals surface area (Å²) in [7, 11) is 0. The minimum atomic E-state index is -0.468. The zero-order chi connectivity index (χ0) is 17.4. The molecule has 3 aromatic heterocycles. The normalized spacial score (nSPS) is 11.1. The Bertz CT molecular complexity index is 1170. The molecule has 8 nitrogen and oxygen atoms in total. The highest BCUT2D eigenvalue weighted by Gasteiger charge is 2.17. The van der Waals surface area contributed by atoms with E-state index in [0.717, 1.165) is 10.1 Å². The summed E-state index contributed by atoms with van der Waals surface area (Å²) in [5.74, 6) is 0. The third-order valence-electron chi connectivity index (χ3n) is 4.02. The van der Waals surface area contributed by atoms with Gasteiger partial charge in [-0.3, -0.25) is 9.36 Å². The molecule has 0 saturated heterocycles. The summed E-state index contributed by atoms with van der Waals surface area (Å²) in [5, 5.41) is 7.75. The van der Waals surface area contributed by atoms with E-state index >= 15 is 0 Å². The number of fused-ring (bicyclic) bond motifs is 1. The van der Waals surface area contributed by atoms with Gasteiger partial charge in [0.1, 0.15) is 5.52 Å². The van der Waals surface area contributed by atoms with Crippen LogP contribution in [0.2, 0.25) is 0 Å². The molecule has 25 heavy (non-hydrogen) atoms. The number of rotatable bonds is 3. The predicted octanol–water partition coefficient (Wildman–Crippen LogP) is 1.02. The molecule has 0 fully saturated rings. The first-order chi connectivity index (χ1) is 12.2. The highest BCUT2D eigenvalue weighted by Crippen LogP contribution is 2.15. The lowest BCUT2D eigenvalue weighted by Gasteiger charge is -2.12. The van der Waals surface area contributed by atoms with Gasteiger partial charge in [0.05, 0.1) is 24.3 Å². The van der Waals surface area contributed by atoms with Gasteiger partial charge in [0.2, 0.25) is 0 Å². The van der Waals surface area contributed by atoms with Crippen LogP contribution in [0.1, 0.15) is 11.3 Å². The highest BCUT2D eigenvalue weighted by molar-refractivity contribution is 5.71. The summed E-state index contributed by atoms with van der Waals surface area (Å²) in [4.78, 5) is 32.8. The first kappa shape index (κ1) is 15.0. The average molecular weight is 334 g/mol. The number of nitrogens with zero attached hydrogens (tertiary/aromatic N) is 5. The second-order valence-electron chi connectivity index (χ2n) is 5.61. The van der Waals surface area contributed by atoms with E-state index in [4.69, 9.17) is 0 Å². The minimum Gasteiger partial charge on any atom is -0.339 e. The van der Waals surface area contributed by atoms with E-state index in [-0.39, 0.29) is 12.1 Å². The van der Waals surface area contributed by atoms with Gasteiger partial charge in [0, 0.05) is 6.20 Å². The molecule has 4 rings (SSSR count). The fourth-order valence-electron chi connectivity index (χ4n) is 2.80. The molecule has 0 aliphatic heterocycles. The van der Waals surface area contributed by atoms with Crippen molar-refractivity contribution < 1.29 is 0 Å². The number of nitrogens with one attached hydrogen (secondary N) is 1. The molecule has 3 heterocycles. The van der Waals surface area contributed by atoms with Crippen LogP contribution in [-0.4, -0.2) is 29.3 Å². The minimum absolute atomic E-state index is 0.0341. The Morgan fingerprint density at radius 2 is 1.96 bits per heavy atom. The van der Waals surface area contributed by atoms with Crippen molar-refractivity contribution in [2.75, 3.05) is 0 Å². The zero-order valence-corrected chi connectivity index (χ0v) is 13.4. The second kappa shape index (κ2) is 5.82. The Morgan fingerprint density at radius 1 is 1.12 bits per heavy atom. The molecule has 1 N–H and O–H groups in total. The SMILES string of the molecule is Cc1ccccc1-n1c(=O)n(Cc2cccnn2)c(=O)c2[nH]cnc21. The smallest absolute Gasteiger partial charge is 0.337 e. The van der Waals surface area contributed by atoms with E-state index in [9.17, 15) is 9.59 Å². The molecule has 8 heteroatoms. The zero-order valence-electron chi connectivity index (χ0n) is 13.4. The van der Waals surface area contributed by atoms with Crippen molar-refractivity contribution in [3.05, 3.63) is 81.0 Å². The molecule has 0 aliphatic carbocycles. The van der Waals surface area contributed by atoms with Gasteiger partial charge in [-0.05, 0) is 30.7 Å². The Hall–Kier alpha value is -3.55. The fraction of sp³-hybridized carbons (Fsp3) is 0.118. The van der Waals surface area contributed by atoms with E-state index in [0.29, 0.717) is 17.0 Å².